The lowest BCUT2D eigenvalue weighted by atomic mass is 9.53. The van der Waals surface area contributed by atoms with Crippen molar-refractivity contribution in [2.75, 3.05) is 5.43 Å². The van der Waals surface area contributed by atoms with Crippen molar-refractivity contribution in [2.24, 2.45) is 17.8 Å². The Bertz CT molecular complexity index is 532. The Hall–Kier alpha value is -1.23. The molecule has 22 heavy (non-hydrogen) atoms. The Balaban J connectivity index is 1.47. The largest absolute Gasteiger partial charge is 0.416 e. The molecular weight excluding hydrogens is 289 g/mol. The van der Waals surface area contributed by atoms with Crippen LogP contribution < -0.4 is 10.9 Å². The Morgan fingerprint density at radius 2 is 1.55 bits per heavy atom. The van der Waals surface area contributed by atoms with Gasteiger partial charge in [0.15, 0.2) is 0 Å². The second-order valence-corrected chi connectivity index (χ2v) is 7.53. The summed E-state index contributed by atoms with van der Waals surface area (Å²) in [5.41, 5.74) is 6.44. The van der Waals surface area contributed by atoms with Gasteiger partial charge in [-0.05, 0) is 74.5 Å². The molecule has 0 aromatic heterocycles. The van der Waals surface area contributed by atoms with E-state index >= 15 is 0 Å². The van der Waals surface area contributed by atoms with Crippen molar-refractivity contribution in [1.29, 1.82) is 0 Å². The number of hydrogen-bond donors (Lipinski definition) is 2. The number of benzene rings is 1. The van der Waals surface area contributed by atoms with Crippen LogP contribution in [0.5, 0.6) is 0 Å². The van der Waals surface area contributed by atoms with Crippen molar-refractivity contribution >= 4 is 5.69 Å². The van der Waals surface area contributed by atoms with E-state index in [2.05, 4.69) is 10.9 Å². The van der Waals surface area contributed by atoms with Crippen LogP contribution in [0, 0.1) is 17.8 Å². The van der Waals surface area contributed by atoms with Gasteiger partial charge < -0.3 is 5.43 Å². The molecule has 0 heterocycles. The first-order valence-electron chi connectivity index (χ1n) is 8.12. The van der Waals surface area contributed by atoms with E-state index in [0.717, 1.165) is 43.1 Å². The summed E-state index contributed by atoms with van der Waals surface area (Å²) in [6.45, 7) is 0. The Labute approximate surface area is 128 Å². The Morgan fingerprint density at radius 1 is 0.955 bits per heavy atom. The zero-order valence-corrected chi connectivity index (χ0v) is 12.4. The van der Waals surface area contributed by atoms with E-state index in [1.807, 2.05) is 0 Å². The molecule has 0 unspecified atom stereocenters. The van der Waals surface area contributed by atoms with Gasteiger partial charge in [0, 0.05) is 11.2 Å². The third-order valence-corrected chi connectivity index (χ3v) is 5.70. The van der Waals surface area contributed by atoms with Gasteiger partial charge in [-0.2, -0.15) is 13.2 Å². The summed E-state index contributed by atoms with van der Waals surface area (Å²) in [6, 6.07) is 5.42. The zero-order valence-electron chi connectivity index (χ0n) is 12.4. The maximum Gasteiger partial charge on any atom is 0.416 e. The molecule has 4 fully saturated rings. The van der Waals surface area contributed by atoms with E-state index < -0.39 is 11.7 Å². The fourth-order valence-electron chi connectivity index (χ4n) is 5.24. The maximum atomic E-state index is 12.8. The summed E-state index contributed by atoms with van der Waals surface area (Å²) >= 11 is 0. The van der Waals surface area contributed by atoms with E-state index in [0.29, 0.717) is 5.69 Å². The van der Waals surface area contributed by atoms with Gasteiger partial charge in [0.1, 0.15) is 0 Å². The van der Waals surface area contributed by atoms with Crippen LogP contribution in [0.3, 0.4) is 0 Å². The molecule has 0 radical (unpaired) electrons. The first-order valence-corrected chi connectivity index (χ1v) is 8.12. The van der Waals surface area contributed by atoms with E-state index in [4.69, 9.17) is 0 Å². The molecule has 0 aliphatic heterocycles. The van der Waals surface area contributed by atoms with Gasteiger partial charge in [0.05, 0.1) is 5.56 Å². The summed E-state index contributed by atoms with van der Waals surface area (Å²) in [7, 11) is 0. The maximum absolute atomic E-state index is 12.8. The van der Waals surface area contributed by atoms with Crippen molar-refractivity contribution < 1.29 is 13.2 Å². The van der Waals surface area contributed by atoms with Crippen LogP contribution in [-0.4, -0.2) is 5.54 Å². The van der Waals surface area contributed by atoms with E-state index in [1.165, 1.54) is 31.4 Å². The van der Waals surface area contributed by atoms with Crippen molar-refractivity contribution in [2.45, 2.75) is 50.2 Å². The number of anilines is 1. The number of hydrogen-bond acceptors (Lipinski definition) is 2. The van der Waals surface area contributed by atoms with Crippen LogP contribution in [0.2, 0.25) is 0 Å². The van der Waals surface area contributed by atoms with Crippen LogP contribution in [-0.2, 0) is 6.18 Å². The Morgan fingerprint density at radius 3 is 2.09 bits per heavy atom. The molecule has 0 saturated heterocycles. The predicted molar refractivity (Wildman–Crippen MR) is 79.1 cm³/mol. The summed E-state index contributed by atoms with van der Waals surface area (Å²) in [4.78, 5) is 0. The highest BCUT2D eigenvalue weighted by Crippen LogP contribution is 2.55. The third-order valence-electron chi connectivity index (χ3n) is 5.70. The smallest absolute Gasteiger partial charge is 0.321 e. The van der Waals surface area contributed by atoms with Gasteiger partial charge in [-0.15, -0.1) is 0 Å². The topological polar surface area (TPSA) is 24.1 Å². The van der Waals surface area contributed by atoms with Crippen LogP contribution in [0.1, 0.15) is 44.1 Å². The minimum absolute atomic E-state index is 0.0863. The van der Waals surface area contributed by atoms with Crippen LogP contribution in [0.15, 0.2) is 24.3 Å². The second kappa shape index (κ2) is 4.88. The predicted octanol–water partition coefficient (Wildman–Crippen LogP) is 4.59. The molecule has 1 aromatic carbocycles. The Kier molecular flexibility index (Phi) is 3.19. The summed E-state index contributed by atoms with van der Waals surface area (Å²) in [5.74, 6) is 2.42. The number of hydrazine groups is 1. The fourth-order valence-corrected chi connectivity index (χ4v) is 5.24. The first kappa shape index (κ1) is 14.4. The number of halogens is 3. The lowest BCUT2D eigenvalue weighted by Gasteiger charge is -2.57. The molecule has 0 amide bonds. The molecule has 4 aliphatic carbocycles. The fraction of sp³-hybridized carbons (Fsp3) is 0.647. The molecule has 4 bridgehead atoms. The molecule has 5 rings (SSSR count). The van der Waals surface area contributed by atoms with Crippen LogP contribution in [0.25, 0.3) is 0 Å². The van der Waals surface area contributed by atoms with Gasteiger partial charge in [0.2, 0.25) is 0 Å². The monoisotopic (exact) mass is 310 g/mol. The summed E-state index contributed by atoms with van der Waals surface area (Å²) < 4.78 is 38.3. The summed E-state index contributed by atoms with van der Waals surface area (Å²) in [5, 5.41) is 0. The summed E-state index contributed by atoms with van der Waals surface area (Å²) in [6.07, 6.45) is 3.23. The van der Waals surface area contributed by atoms with Crippen molar-refractivity contribution in [1.82, 2.24) is 5.43 Å². The number of alkyl halides is 3. The third kappa shape index (κ3) is 2.60. The van der Waals surface area contributed by atoms with Crippen LogP contribution in [0.4, 0.5) is 18.9 Å². The normalized spacial score (nSPS) is 36.6. The molecule has 120 valence electrons. The zero-order chi connectivity index (χ0) is 15.4. The lowest BCUT2D eigenvalue weighted by Crippen LogP contribution is -2.59. The first-order chi connectivity index (χ1) is 10.4. The second-order valence-electron chi connectivity index (χ2n) is 7.53. The molecule has 4 saturated carbocycles. The standard InChI is InChI=1S/C17H21F3N2/c18-17(19,20)14-2-1-3-15(7-14)21-22-16-8-11-4-12(9-16)6-13(5-11)10-16/h1-3,7,11-13,21-22H,4-6,8-10H2. The number of rotatable bonds is 3. The highest BCUT2D eigenvalue weighted by Gasteiger charge is 2.50. The molecule has 4 aliphatic rings. The van der Waals surface area contributed by atoms with Gasteiger partial charge in [-0.3, -0.25) is 0 Å². The van der Waals surface area contributed by atoms with Crippen molar-refractivity contribution in [3.8, 4) is 0 Å². The number of nitrogens with one attached hydrogen (secondary N) is 2. The molecule has 0 atom stereocenters. The van der Waals surface area contributed by atoms with Gasteiger partial charge in [-0.1, -0.05) is 6.07 Å². The minimum atomic E-state index is -4.29. The van der Waals surface area contributed by atoms with Gasteiger partial charge in [-0.25, -0.2) is 5.43 Å². The molecule has 1 aromatic rings. The van der Waals surface area contributed by atoms with E-state index in [1.54, 1.807) is 6.07 Å². The van der Waals surface area contributed by atoms with Crippen molar-refractivity contribution in [3.63, 3.8) is 0 Å². The average Bonchev–Trinajstić information content (AvgIpc) is 2.43. The minimum Gasteiger partial charge on any atom is -0.321 e. The van der Waals surface area contributed by atoms with E-state index in [9.17, 15) is 13.2 Å². The highest BCUT2D eigenvalue weighted by atomic mass is 19.4. The van der Waals surface area contributed by atoms with E-state index in [-0.39, 0.29) is 5.54 Å². The quantitative estimate of drug-likeness (QED) is 0.798. The molecule has 2 nitrogen and oxygen atoms in total. The molecule has 5 heteroatoms. The molecule has 2 N–H and O–H groups in total. The van der Waals surface area contributed by atoms with Gasteiger partial charge >= 0.3 is 6.18 Å². The SMILES string of the molecule is FC(F)(F)c1cccc(NNC23CC4CC(CC(C4)C2)C3)c1. The lowest BCUT2D eigenvalue weighted by molar-refractivity contribution is -0.137. The average molecular weight is 310 g/mol. The van der Waals surface area contributed by atoms with Crippen molar-refractivity contribution in [3.05, 3.63) is 29.8 Å². The molecule has 0 spiro atoms. The molecular formula is C17H21F3N2. The highest BCUT2D eigenvalue weighted by molar-refractivity contribution is 5.46. The van der Waals surface area contributed by atoms with Gasteiger partial charge in [0.25, 0.3) is 0 Å². The van der Waals surface area contributed by atoms with Crippen LogP contribution >= 0.6 is 0 Å².